The Morgan fingerprint density at radius 3 is 2.33 bits per heavy atom. The second kappa shape index (κ2) is 3.91. The zero-order valence-electron chi connectivity index (χ0n) is 9.31. The van der Waals surface area contributed by atoms with E-state index >= 15 is 0 Å². The lowest BCUT2D eigenvalue weighted by Crippen LogP contribution is -2.37. The maximum Gasteiger partial charge on any atom is 0.444 e. The second-order valence-corrected chi connectivity index (χ2v) is 3.91. The normalized spacial score (nSPS) is 16.4. The number of ether oxygens (including phenoxy) is 1. The van der Waals surface area contributed by atoms with Crippen molar-refractivity contribution in [2.24, 2.45) is 4.99 Å². The molecule has 0 fully saturated rings. The van der Waals surface area contributed by atoms with Crippen molar-refractivity contribution in [3.05, 3.63) is 60.2 Å². The highest BCUT2D eigenvalue weighted by Gasteiger charge is 2.43. The summed E-state index contributed by atoms with van der Waals surface area (Å²) in [7, 11) is 0. The van der Waals surface area contributed by atoms with Gasteiger partial charge >= 0.3 is 6.11 Å². The van der Waals surface area contributed by atoms with Gasteiger partial charge < -0.3 is 4.74 Å². The molecule has 0 saturated heterocycles. The minimum absolute atomic E-state index is 0.0992. The van der Waals surface area contributed by atoms with E-state index in [1.165, 1.54) is 6.07 Å². The summed E-state index contributed by atoms with van der Waals surface area (Å²) in [5.41, 5.74) is 0.418. The average Bonchev–Trinajstić information content (AvgIpc) is 2.38. The van der Waals surface area contributed by atoms with Crippen molar-refractivity contribution >= 4 is 11.4 Å². The molecule has 90 valence electrons. The van der Waals surface area contributed by atoms with Gasteiger partial charge in [-0.1, -0.05) is 42.5 Å². The maximum atomic E-state index is 13.9. The molecule has 0 radical (unpaired) electrons. The van der Waals surface area contributed by atoms with Crippen LogP contribution in [-0.2, 0) is 0 Å². The molecule has 3 rings (SSSR count). The number of hydrogen-bond acceptors (Lipinski definition) is 2. The van der Waals surface area contributed by atoms with Crippen LogP contribution in [0.2, 0.25) is 0 Å². The van der Waals surface area contributed by atoms with E-state index in [4.69, 9.17) is 4.74 Å². The molecule has 4 heteroatoms. The molecule has 0 amide bonds. The Kier molecular flexibility index (Phi) is 2.37. The first kappa shape index (κ1) is 10.9. The standard InChI is InChI=1S/C14H9F2NO/c15-14(16)13(10-6-2-1-3-7-10)17-11-8-4-5-9-12(11)18-14/h1-9H. The van der Waals surface area contributed by atoms with Crippen LogP contribution in [0.25, 0.3) is 0 Å². The number of alkyl halides is 2. The molecule has 18 heavy (non-hydrogen) atoms. The summed E-state index contributed by atoms with van der Waals surface area (Å²) in [6, 6.07) is 14.8. The van der Waals surface area contributed by atoms with E-state index in [1.54, 1.807) is 48.5 Å². The Hall–Kier alpha value is -2.23. The van der Waals surface area contributed by atoms with Crippen molar-refractivity contribution in [2.45, 2.75) is 6.11 Å². The molecule has 2 aromatic rings. The Labute approximate surface area is 103 Å². The van der Waals surface area contributed by atoms with E-state index in [9.17, 15) is 8.78 Å². The molecule has 0 N–H and O–H groups in total. The number of hydrogen-bond donors (Lipinski definition) is 0. The lowest BCUT2D eigenvalue weighted by atomic mass is 10.1. The SMILES string of the molecule is FC1(F)Oc2ccccc2N=C1c1ccccc1. The lowest BCUT2D eigenvalue weighted by molar-refractivity contribution is -0.113. The van der Waals surface area contributed by atoms with Crippen LogP contribution in [0.5, 0.6) is 5.75 Å². The second-order valence-electron chi connectivity index (χ2n) is 3.91. The summed E-state index contributed by atoms with van der Waals surface area (Å²) in [4.78, 5) is 4.01. The van der Waals surface area contributed by atoms with Crippen LogP contribution in [0.15, 0.2) is 59.6 Å². The molecule has 0 spiro atoms. The average molecular weight is 245 g/mol. The molecule has 2 nitrogen and oxygen atoms in total. The fourth-order valence-corrected chi connectivity index (χ4v) is 1.84. The molecular weight excluding hydrogens is 236 g/mol. The summed E-state index contributed by atoms with van der Waals surface area (Å²) in [5, 5.41) is 0. The zero-order valence-corrected chi connectivity index (χ0v) is 9.31. The summed E-state index contributed by atoms with van der Waals surface area (Å²) in [6.45, 7) is 0. The number of fused-ring (bicyclic) bond motifs is 1. The molecule has 1 aliphatic rings. The first-order valence-electron chi connectivity index (χ1n) is 5.47. The fraction of sp³-hybridized carbons (Fsp3) is 0.0714. The topological polar surface area (TPSA) is 21.6 Å². The van der Waals surface area contributed by atoms with Gasteiger partial charge in [0, 0.05) is 5.56 Å². The smallest absolute Gasteiger partial charge is 0.425 e. The van der Waals surface area contributed by atoms with Gasteiger partial charge in [0.05, 0.1) is 0 Å². The number of benzene rings is 2. The molecule has 0 saturated carbocycles. The van der Waals surface area contributed by atoms with E-state index in [1.807, 2.05) is 0 Å². The van der Waals surface area contributed by atoms with Crippen LogP contribution >= 0.6 is 0 Å². The van der Waals surface area contributed by atoms with E-state index in [0.29, 0.717) is 11.3 Å². The highest BCUT2D eigenvalue weighted by Crippen LogP contribution is 2.38. The van der Waals surface area contributed by atoms with E-state index in [2.05, 4.69) is 4.99 Å². The summed E-state index contributed by atoms with van der Waals surface area (Å²) < 4.78 is 32.5. The third-order valence-electron chi connectivity index (χ3n) is 2.66. The lowest BCUT2D eigenvalue weighted by Gasteiger charge is -2.25. The van der Waals surface area contributed by atoms with Crippen molar-refractivity contribution < 1.29 is 13.5 Å². The molecular formula is C14H9F2NO. The fourth-order valence-electron chi connectivity index (χ4n) is 1.84. The van der Waals surface area contributed by atoms with Crippen LogP contribution in [0.1, 0.15) is 5.56 Å². The molecule has 0 unspecified atom stereocenters. The van der Waals surface area contributed by atoms with Crippen molar-refractivity contribution in [3.8, 4) is 5.75 Å². The van der Waals surface area contributed by atoms with E-state index in [-0.39, 0.29) is 11.5 Å². The highest BCUT2D eigenvalue weighted by molar-refractivity contribution is 6.07. The molecule has 0 aliphatic carbocycles. The molecule has 1 aliphatic heterocycles. The van der Waals surface area contributed by atoms with Crippen LogP contribution < -0.4 is 4.74 Å². The van der Waals surface area contributed by atoms with E-state index in [0.717, 1.165) is 0 Å². The number of para-hydroxylation sites is 2. The van der Waals surface area contributed by atoms with Gasteiger partial charge in [-0.05, 0) is 12.1 Å². The maximum absolute atomic E-state index is 13.9. The van der Waals surface area contributed by atoms with Gasteiger partial charge in [0.25, 0.3) is 0 Å². The van der Waals surface area contributed by atoms with Gasteiger partial charge in [0.1, 0.15) is 5.69 Å². The van der Waals surface area contributed by atoms with Gasteiger partial charge in [-0.3, -0.25) is 0 Å². The Morgan fingerprint density at radius 1 is 0.889 bits per heavy atom. The van der Waals surface area contributed by atoms with Gasteiger partial charge in [-0.25, -0.2) is 4.99 Å². The van der Waals surface area contributed by atoms with Crippen LogP contribution in [0, 0.1) is 0 Å². The number of halogens is 2. The molecule has 0 atom stereocenters. The molecule has 2 aromatic carbocycles. The van der Waals surface area contributed by atoms with Gasteiger partial charge in [0.2, 0.25) is 0 Å². The first-order chi connectivity index (χ1) is 8.67. The largest absolute Gasteiger partial charge is 0.444 e. The first-order valence-corrected chi connectivity index (χ1v) is 5.47. The van der Waals surface area contributed by atoms with Crippen LogP contribution in [-0.4, -0.2) is 11.8 Å². The Bertz CT molecular complexity index is 608. The minimum atomic E-state index is -3.41. The summed E-state index contributed by atoms with van der Waals surface area (Å²) in [6.07, 6.45) is -3.41. The highest BCUT2D eigenvalue weighted by atomic mass is 19.3. The molecule has 0 aromatic heterocycles. The predicted molar refractivity (Wildman–Crippen MR) is 64.7 cm³/mol. The monoisotopic (exact) mass is 245 g/mol. The Morgan fingerprint density at radius 2 is 1.56 bits per heavy atom. The van der Waals surface area contributed by atoms with Crippen LogP contribution in [0.3, 0.4) is 0 Å². The third kappa shape index (κ3) is 1.76. The number of aliphatic imine (C=N–C) groups is 1. The number of rotatable bonds is 1. The summed E-state index contributed by atoms with van der Waals surface area (Å²) in [5.74, 6) is 0.0992. The van der Waals surface area contributed by atoms with Crippen molar-refractivity contribution in [1.82, 2.24) is 0 Å². The minimum Gasteiger partial charge on any atom is -0.425 e. The predicted octanol–water partition coefficient (Wildman–Crippen LogP) is 3.79. The number of nitrogens with zero attached hydrogens (tertiary/aromatic N) is 1. The Balaban J connectivity index is 2.16. The summed E-state index contributed by atoms with van der Waals surface area (Å²) >= 11 is 0. The van der Waals surface area contributed by atoms with Gasteiger partial charge in [0.15, 0.2) is 11.5 Å². The van der Waals surface area contributed by atoms with Gasteiger partial charge in [-0.2, -0.15) is 8.78 Å². The zero-order chi connectivity index (χ0) is 12.6. The van der Waals surface area contributed by atoms with Crippen molar-refractivity contribution in [1.29, 1.82) is 0 Å². The molecule has 0 bridgehead atoms. The quantitative estimate of drug-likeness (QED) is 0.749. The van der Waals surface area contributed by atoms with Gasteiger partial charge in [-0.15, -0.1) is 0 Å². The van der Waals surface area contributed by atoms with Crippen molar-refractivity contribution in [2.75, 3.05) is 0 Å². The van der Waals surface area contributed by atoms with Crippen LogP contribution in [0.4, 0.5) is 14.5 Å². The third-order valence-corrected chi connectivity index (χ3v) is 2.66. The van der Waals surface area contributed by atoms with E-state index < -0.39 is 6.11 Å². The molecule has 1 heterocycles. The van der Waals surface area contributed by atoms with Crippen molar-refractivity contribution in [3.63, 3.8) is 0 Å².